The maximum atomic E-state index is 11.5. The van der Waals surface area contributed by atoms with Crippen LogP contribution in [0.15, 0.2) is 0 Å². The Kier molecular flexibility index (Phi) is 2.92. The fraction of sp³-hybridized carbons (Fsp3) is 0.909. The van der Waals surface area contributed by atoms with Gasteiger partial charge in [0.25, 0.3) is 0 Å². The van der Waals surface area contributed by atoms with Crippen LogP contribution in [-0.4, -0.2) is 5.78 Å². The van der Waals surface area contributed by atoms with Crippen molar-refractivity contribution >= 4 is 5.78 Å². The Morgan fingerprint density at radius 2 is 2.17 bits per heavy atom. The first-order chi connectivity index (χ1) is 5.58. The van der Waals surface area contributed by atoms with E-state index in [0.717, 1.165) is 19.3 Å². The van der Waals surface area contributed by atoms with Crippen LogP contribution < -0.4 is 0 Å². The predicted octanol–water partition coefficient (Wildman–Crippen LogP) is 3.18. The molecule has 1 atom stereocenters. The molecule has 0 aromatic heterocycles. The van der Waals surface area contributed by atoms with Gasteiger partial charge in [-0.05, 0) is 24.7 Å². The molecule has 0 heterocycles. The number of carbonyl (C=O) groups excluding carboxylic acids is 1. The number of hydrogen-bond acceptors (Lipinski definition) is 1. The Bertz CT molecular complexity index is 170. The van der Waals surface area contributed by atoms with Crippen molar-refractivity contribution in [2.75, 3.05) is 0 Å². The predicted molar refractivity (Wildman–Crippen MR) is 51.0 cm³/mol. The van der Waals surface area contributed by atoms with E-state index < -0.39 is 0 Å². The molecule has 0 saturated heterocycles. The van der Waals surface area contributed by atoms with Gasteiger partial charge in [0.05, 0.1) is 0 Å². The SMILES string of the molecule is CCCC(C)(C)C1CCCC1=O. The van der Waals surface area contributed by atoms with Crippen molar-refractivity contribution in [1.82, 2.24) is 0 Å². The van der Waals surface area contributed by atoms with Crippen LogP contribution in [0.2, 0.25) is 0 Å². The number of rotatable bonds is 3. The monoisotopic (exact) mass is 168 g/mol. The summed E-state index contributed by atoms with van der Waals surface area (Å²) < 4.78 is 0. The molecular weight excluding hydrogens is 148 g/mol. The second-order valence-corrected chi connectivity index (χ2v) is 4.65. The molecule has 1 fully saturated rings. The molecule has 0 N–H and O–H groups in total. The molecule has 1 nitrogen and oxygen atoms in total. The summed E-state index contributed by atoms with van der Waals surface area (Å²) in [5, 5.41) is 0. The molecule has 0 bridgehead atoms. The standard InChI is InChI=1S/C11H20O/c1-4-8-11(2,3)9-6-5-7-10(9)12/h9H,4-8H2,1-3H3. The average molecular weight is 168 g/mol. The highest BCUT2D eigenvalue weighted by atomic mass is 16.1. The van der Waals surface area contributed by atoms with E-state index in [-0.39, 0.29) is 5.41 Å². The van der Waals surface area contributed by atoms with Crippen LogP contribution in [0.4, 0.5) is 0 Å². The minimum absolute atomic E-state index is 0.252. The largest absolute Gasteiger partial charge is 0.299 e. The van der Waals surface area contributed by atoms with E-state index in [0.29, 0.717) is 11.7 Å². The van der Waals surface area contributed by atoms with Crippen molar-refractivity contribution in [2.45, 2.75) is 52.9 Å². The van der Waals surface area contributed by atoms with Crippen molar-refractivity contribution in [3.63, 3.8) is 0 Å². The van der Waals surface area contributed by atoms with Crippen molar-refractivity contribution in [2.24, 2.45) is 11.3 Å². The maximum Gasteiger partial charge on any atom is 0.136 e. The van der Waals surface area contributed by atoms with Gasteiger partial charge in [0.2, 0.25) is 0 Å². The summed E-state index contributed by atoms with van der Waals surface area (Å²) in [5.41, 5.74) is 0.252. The summed E-state index contributed by atoms with van der Waals surface area (Å²) in [6, 6.07) is 0. The van der Waals surface area contributed by atoms with Gasteiger partial charge < -0.3 is 0 Å². The summed E-state index contributed by atoms with van der Waals surface area (Å²) in [5.74, 6) is 0.867. The van der Waals surface area contributed by atoms with Crippen LogP contribution >= 0.6 is 0 Å². The summed E-state index contributed by atoms with van der Waals surface area (Å²) >= 11 is 0. The Morgan fingerprint density at radius 3 is 2.58 bits per heavy atom. The molecule has 0 aliphatic heterocycles. The lowest BCUT2D eigenvalue weighted by Crippen LogP contribution is -2.26. The molecule has 1 unspecified atom stereocenters. The third-order valence-corrected chi connectivity index (χ3v) is 3.14. The second kappa shape index (κ2) is 3.59. The van der Waals surface area contributed by atoms with Gasteiger partial charge in [-0.3, -0.25) is 4.79 Å². The third-order valence-electron chi connectivity index (χ3n) is 3.14. The first-order valence-corrected chi connectivity index (χ1v) is 5.10. The Balaban J connectivity index is 2.60. The van der Waals surface area contributed by atoms with Gasteiger partial charge in [0.15, 0.2) is 0 Å². The molecule has 0 aromatic rings. The fourth-order valence-corrected chi connectivity index (χ4v) is 2.46. The summed E-state index contributed by atoms with van der Waals surface area (Å²) in [6.07, 6.45) is 5.46. The molecule has 70 valence electrons. The van der Waals surface area contributed by atoms with Crippen LogP contribution in [0.3, 0.4) is 0 Å². The van der Waals surface area contributed by atoms with Crippen molar-refractivity contribution in [3.8, 4) is 0 Å². The second-order valence-electron chi connectivity index (χ2n) is 4.65. The molecule has 0 spiro atoms. The van der Waals surface area contributed by atoms with Gasteiger partial charge in [0.1, 0.15) is 5.78 Å². The van der Waals surface area contributed by atoms with Crippen LogP contribution in [0.1, 0.15) is 52.9 Å². The normalized spacial score (nSPS) is 24.9. The number of hydrogen-bond donors (Lipinski definition) is 0. The number of carbonyl (C=O) groups is 1. The Morgan fingerprint density at radius 1 is 1.50 bits per heavy atom. The molecule has 1 aliphatic rings. The van der Waals surface area contributed by atoms with Crippen molar-refractivity contribution in [1.29, 1.82) is 0 Å². The molecule has 12 heavy (non-hydrogen) atoms. The molecule has 1 aliphatic carbocycles. The lowest BCUT2D eigenvalue weighted by molar-refractivity contribution is -0.123. The van der Waals surface area contributed by atoms with Gasteiger partial charge >= 0.3 is 0 Å². The molecule has 0 aromatic carbocycles. The Hall–Kier alpha value is -0.330. The zero-order valence-electron chi connectivity index (χ0n) is 8.52. The molecule has 1 rings (SSSR count). The van der Waals surface area contributed by atoms with Gasteiger partial charge in [-0.15, -0.1) is 0 Å². The van der Waals surface area contributed by atoms with E-state index in [1.54, 1.807) is 0 Å². The third kappa shape index (κ3) is 1.88. The van der Waals surface area contributed by atoms with E-state index in [2.05, 4.69) is 20.8 Å². The highest BCUT2D eigenvalue weighted by Gasteiger charge is 2.36. The molecule has 0 amide bonds. The number of Topliss-reactive ketones (excluding diaryl/α,β-unsaturated/α-hetero) is 1. The highest BCUT2D eigenvalue weighted by Crippen LogP contribution is 2.40. The van der Waals surface area contributed by atoms with E-state index in [1.165, 1.54) is 12.8 Å². The minimum Gasteiger partial charge on any atom is -0.299 e. The van der Waals surface area contributed by atoms with Crippen LogP contribution in [0.25, 0.3) is 0 Å². The van der Waals surface area contributed by atoms with Crippen LogP contribution in [-0.2, 0) is 4.79 Å². The van der Waals surface area contributed by atoms with E-state index in [1.807, 2.05) is 0 Å². The summed E-state index contributed by atoms with van der Waals surface area (Å²) in [7, 11) is 0. The van der Waals surface area contributed by atoms with Crippen LogP contribution in [0, 0.1) is 11.3 Å². The average Bonchev–Trinajstić information content (AvgIpc) is 2.35. The van der Waals surface area contributed by atoms with Gasteiger partial charge in [-0.2, -0.15) is 0 Å². The fourth-order valence-electron chi connectivity index (χ4n) is 2.46. The minimum atomic E-state index is 0.252. The van der Waals surface area contributed by atoms with Gasteiger partial charge in [-0.25, -0.2) is 0 Å². The first-order valence-electron chi connectivity index (χ1n) is 5.10. The van der Waals surface area contributed by atoms with Crippen molar-refractivity contribution < 1.29 is 4.79 Å². The summed E-state index contributed by atoms with van der Waals surface area (Å²) in [4.78, 5) is 11.5. The van der Waals surface area contributed by atoms with Gasteiger partial charge in [-0.1, -0.05) is 27.2 Å². The first kappa shape index (κ1) is 9.76. The number of ketones is 1. The molecular formula is C11H20O. The summed E-state index contributed by atoms with van der Waals surface area (Å²) in [6.45, 7) is 6.68. The zero-order valence-corrected chi connectivity index (χ0v) is 8.52. The topological polar surface area (TPSA) is 17.1 Å². The molecule has 0 radical (unpaired) electrons. The highest BCUT2D eigenvalue weighted by molar-refractivity contribution is 5.83. The van der Waals surface area contributed by atoms with Crippen LogP contribution in [0.5, 0.6) is 0 Å². The van der Waals surface area contributed by atoms with E-state index >= 15 is 0 Å². The quantitative estimate of drug-likeness (QED) is 0.632. The smallest absolute Gasteiger partial charge is 0.136 e. The lowest BCUT2D eigenvalue weighted by atomic mass is 9.74. The maximum absolute atomic E-state index is 11.5. The van der Waals surface area contributed by atoms with Crippen molar-refractivity contribution in [3.05, 3.63) is 0 Å². The zero-order chi connectivity index (χ0) is 9.19. The molecule has 1 saturated carbocycles. The van der Waals surface area contributed by atoms with E-state index in [4.69, 9.17) is 0 Å². The van der Waals surface area contributed by atoms with Gasteiger partial charge in [0, 0.05) is 12.3 Å². The molecule has 1 heteroatoms. The lowest BCUT2D eigenvalue weighted by Gasteiger charge is -2.30. The van der Waals surface area contributed by atoms with E-state index in [9.17, 15) is 4.79 Å². The Labute approximate surface area is 75.5 Å².